The average Bonchev–Trinajstić information content (AvgIpc) is 3.45. The molecule has 0 saturated heterocycles. The van der Waals surface area contributed by atoms with Gasteiger partial charge < -0.3 is 5.11 Å². The third-order valence-electron chi connectivity index (χ3n) is 5.42. The minimum Gasteiger partial charge on any atom is -0.386 e. The van der Waals surface area contributed by atoms with Crippen LogP contribution in [0.3, 0.4) is 0 Å². The first-order valence-electron chi connectivity index (χ1n) is 8.80. The number of sulfone groups is 2. The van der Waals surface area contributed by atoms with Gasteiger partial charge in [0.2, 0.25) is 23.8 Å². The number of allylic oxidation sites excluding steroid dienone is 1. The lowest BCUT2D eigenvalue weighted by Crippen LogP contribution is -2.53. The Labute approximate surface area is 159 Å². The van der Waals surface area contributed by atoms with Crippen molar-refractivity contribution in [2.75, 3.05) is 0 Å². The Morgan fingerprint density at radius 2 is 1.22 bits per heavy atom. The van der Waals surface area contributed by atoms with Crippen LogP contribution in [-0.2, 0) is 19.7 Å². The fourth-order valence-electron chi connectivity index (χ4n) is 3.80. The van der Waals surface area contributed by atoms with E-state index in [9.17, 15) is 21.9 Å². The minimum absolute atomic E-state index is 0.0684. The number of hydrogen-bond acceptors (Lipinski definition) is 5. The Bertz CT molecular complexity index is 1010. The van der Waals surface area contributed by atoms with Crippen molar-refractivity contribution in [1.29, 1.82) is 0 Å². The third kappa shape index (κ3) is 2.60. The van der Waals surface area contributed by atoms with Crippen LogP contribution in [0, 0.1) is 5.92 Å². The van der Waals surface area contributed by atoms with Crippen LogP contribution in [-0.4, -0.2) is 32.1 Å². The van der Waals surface area contributed by atoms with E-state index in [1.807, 2.05) is 0 Å². The normalized spacial score (nSPS) is 22.4. The maximum atomic E-state index is 13.6. The molecule has 5 nitrogen and oxygen atoms in total. The highest BCUT2D eigenvalue weighted by Gasteiger charge is 2.64. The van der Waals surface area contributed by atoms with Crippen molar-refractivity contribution >= 4 is 19.7 Å². The van der Waals surface area contributed by atoms with Crippen molar-refractivity contribution in [3.8, 4) is 0 Å². The van der Waals surface area contributed by atoms with Crippen molar-refractivity contribution in [2.24, 2.45) is 5.92 Å². The summed E-state index contributed by atoms with van der Waals surface area (Å²) in [5.74, 6) is 0.0684. The number of benzene rings is 2. The molecule has 0 spiro atoms. The molecule has 1 N–H and O–H groups in total. The van der Waals surface area contributed by atoms with Crippen molar-refractivity contribution in [3.63, 3.8) is 0 Å². The predicted molar refractivity (Wildman–Crippen MR) is 101 cm³/mol. The summed E-state index contributed by atoms with van der Waals surface area (Å²) in [6.07, 6.45) is 1.46. The first kappa shape index (κ1) is 18.4. The van der Waals surface area contributed by atoms with Gasteiger partial charge in [0.15, 0.2) is 0 Å². The van der Waals surface area contributed by atoms with Crippen LogP contribution in [0.4, 0.5) is 0 Å². The predicted octanol–water partition coefficient (Wildman–Crippen LogP) is 2.73. The van der Waals surface area contributed by atoms with E-state index in [1.54, 1.807) is 42.5 Å². The molecule has 2 aliphatic carbocycles. The highest BCUT2D eigenvalue weighted by Crippen LogP contribution is 2.52. The summed E-state index contributed by atoms with van der Waals surface area (Å²) >= 11 is 0. The highest BCUT2D eigenvalue weighted by molar-refractivity contribution is 8.10. The summed E-state index contributed by atoms with van der Waals surface area (Å²) in [5.41, 5.74) is 0.536. The van der Waals surface area contributed by atoms with Crippen molar-refractivity contribution in [3.05, 3.63) is 72.3 Å². The number of hydrogen-bond donors (Lipinski definition) is 1. The second-order valence-corrected chi connectivity index (χ2v) is 11.7. The molecule has 2 aromatic carbocycles. The van der Waals surface area contributed by atoms with Crippen LogP contribution in [0.2, 0.25) is 0 Å². The van der Waals surface area contributed by atoms with E-state index in [1.165, 1.54) is 24.3 Å². The summed E-state index contributed by atoms with van der Waals surface area (Å²) in [7, 11) is -8.77. The summed E-state index contributed by atoms with van der Waals surface area (Å²) in [4.78, 5) is -0.206. The standard InChI is InChI=1S/C20H20O5S2/c21-19-18(15-11-12-15)13-14-20(19,26(22,23)16-7-3-1-4-8-16)27(24,25)17-9-5-2-6-10-17/h1-10,13,15,19,21H,11-12,14H2. The Kier molecular flexibility index (Phi) is 4.29. The molecule has 27 heavy (non-hydrogen) atoms. The van der Waals surface area contributed by atoms with Gasteiger partial charge in [0.05, 0.1) is 9.79 Å². The third-order valence-corrected chi connectivity index (χ3v) is 11.1. The Balaban J connectivity index is 1.96. The van der Waals surface area contributed by atoms with Gasteiger partial charge in [-0.15, -0.1) is 0 Å². The quantitative estimate of drug-likeness (QED) is 0.774. The SMILES string of the molecule is O=S(=O)(c1ccccc1)C1(S(=O)(=O)c2ccccc2)CC=C(C2CC2)C1O. The summed E-state index contributed by atoms with van der Waals surface area (Å²) < 4.78 is 52.1. The second-order valence-electron chi connectivity index (χ2n) is 7.03. The zero-order chi connectivity index (χ0) is 19.3. The van der Waals surface area contributed by atoms with Gasteiger partial charge in [-0.05, 0) is 48.6 Å². The fraction of sp³-hybridized carbons (Fsp3) is 0.300. The molecule has 2 aliphatic rings. The average molecular weight is 405 g/mol. The molecule has 2 aromatic rings. The Hall–Kier alpha value is -1.96. The van der Waals surface area contributed by atoms with Crippen LogP contribution in [0.1, 0.15) is 19.3 Å². The lowest BCUT2D eigenvalue weighted by molar-refractivity contribution is 0.193. The fourth-order valence-corrected chi connectivity index (χ4v) is 8.83. The maximum absolute atomic E-state index is 13.6. The minimum atomic E-state index is -4.38. The van der Waals surface area contributed by atoms with Crippen LogP contribution in [0.5, 0.6) is 0 Å². The molecule has 0 aromatic heterocycles. The van der Waals surface area contributed by atoms with E-state index in [-0.39, 0.29) is 22.1 Å². The highest BCUT2D eigenvalue weighted by atomic mass is 32.3. The topological polar surface area (TPSA) is 88.5 Å². The first-order valence-corrected chi connectivity index (χ1v) is 11.8. The van der Waals surface area contributed by atoms with Gasteiger partial charge in [-0.2, -0.15) is 0 Å². The second kappa shape index (κ2) is 6.29. The van der Waals surface area contributed by atoms with Gasteiger partial charge in [-0.3, -0.25) is 0 Å². The van der Waals surface area contributed by atoms with Crippen molar-refractivity contribution in [2.45, 2.75) is 39.2 Å². The summed E-state index contributed by atoms with van der Waals surface area (Å²) in [6, 6.07) is 15.0. The van der Waals surface area contributed by atoms with Crippen LogP contribution in [0.15, 0.2) is 82.1 Å². The van der Waals surface area contributed by atoms with E-state index < -0.39 is 29.9 Å². The van der Waals surface area contributed by atoms with Crippen LogP contribution < -0.4 is 0 Å². The zero-order valence-electron chi connectivity index (χ0n) is 14.5. The maximum Gasteiger partial charge on any atom is 0.214 e. The molecule has 1 fully saturated rings. The monoisotopic (exact) mass is 404 g/mol. The van der Waals surface area contributed by atoms with E-state index >= 15 is 0 Å². The van der Waals surface area contributed by atoms with Gasteiger partial charge >= 0.3 is 0 Å². The first-order chi connectivity index (χ1) is 12.8. The molecule has 7 heteroatoms. The van der Waals surface area contributed by atoms with Gasteiger partial charge in [0.1, 0.15) is 6.10 Å². The molecular formula is C20H20O5S2. The molecule has 4 rings (SSSR count). The van der Waals surface area contributed by atoms with Gasteiger partial charge in [0.25, 0.3) is 0 Å². The largest absolute Gasteiger partial charge is 0.386 e. The molecule has 1 unspecified atom stereocenters. The zero-order valence-corrected chi connectivity index (χ0v) is 16.2. The van der Waals surface area contributed by atoms with E-state index in [2.05, 4.69) is 0 Å². The molecular weight excluding hydrogens is 384 g/mol. The van der Waals surface area contributed by atoms with Gasteiger partial charge in [-0.1, -0.05) is 42.5 Å². The number of rotatable bonds is 5. The smallest absolute Gasteiger partial charge is 0.214 e. The molecule has 0 heterocycles. The lowest BCUT2D eigenvalue weighted by atomic mass is 10.1. The van der Waals surface area contributed by atoms with Crippen LogP contribution >= 0.6 is 0 Å². The molecule has 0 amide bonds. The molecule has 1 saturated carbocycles. The molecule has 0 radical (unpaired) electrons. The van der Waals surface area contributed by atoms with Gasteiger partial charge in [0, 0.05) is 6.42 Å². The van der Waals surface area contributed by atoms with Gasteiger partial charge in [-0.25, -0.2) is 16.8 Å². The summed E-state index contributed by atoms with van der Waals surface area (Å²) in [5, 5.41) is 11.1. The number of aliphatic hydroxyl groups excluding tert-OH is 1. The van der Waals surface area contributed by atoms with E-state index in [4.69, 9.17) is 0 Å². The molecule has 1 atom stereocenters. The molecule has 0 aliphatic heterocycles. The number of aliphatic hydroxyl groups is 1. The van der Waals surface area contributed by atoms with Crippen molar-refractivity contribution in [1.82, 2.24) is 0 Å². The van der Waals surface area contributed by atoms with Crippen molar-refractivity contribution < 1.29 is 21.9 Å². The van der Waals surface area contributed by atoms with Crippen LogP contribution in [0.25, 0.3) is 0 Å². The summed E-state index contributed by atoms with van der Waals surface area (Å²) in [6.45, 7) is 0. The Morgan fingerprint density at radius 1 is 0.778 bits per heavy atom. The molecule has 142 valence electrons. The van der Waals surface area contributed by atoms with E-state index in [0.29, 0.717) is 5.57 Å². The van der Waals surface area contributed by atoms with E-state index in [0.717, 1.165) is 12.8 Å². The lowest BCUT2D eigenvalue weighted by Gasteiger charge is -2.33. The Morgan fingerprint density at radius 3 is 1.63 bits per heavy atom. The molecule has 0 bridgehead atoms.